The summed E-state index contributed by atoms with van der Waals surface area (Å²) in [7, 11) is 0. The molecule has 4 aliphatic carbocycles. The molecule has 0 aliphatic heterocycles. The lowest BCUT2D eigenvalue weighted by atomic mass is 9.66. The van der Waals surface area contributed by atoms with Gasteiger partial charge in [0.05, 0.1) is 5.92 Å². The van der Waals surface area contributed by atoms with E-state index >= 15 is 0 Å². The summed E-state index contributed by atoms with van der Waals surface area (Å²) in [5.74, 6) is 2.74. The molecule has 0 aromatic rings. The lowest BCUT2D eigenvalue weighted by Crippen LogP contribution is -2.61. The molecule has 0 aromatic carbocycles. The number of nitrogens with one attached hydrogen (secondary N) is 2. The summed E-state index contributed by atoms with van der Waals surface area (Å²) in [4.78, 5) is 26.0. The average Bonchev–Trinajstić information content (AvgIpc) is 2.85. The van der Waals surface area contributed by atoms with Crippen molar-refractivity contribution in [2.75, 3.05) is 0 Å². The van der Waals surface area contributed by atoms with E-state index in [9.17, 15) is 9.59 Å². The van der Waals surface area contributed by atoms with Gasteiger partial charge in [0.2, 0.25) is 11.8 Å². The molecule has 4 aliphatic rings. The molecule has 0 bridgehead atoms. The largest absolute Gasteiger partial charge is 0.352 e. The van der Waals surface area contributed by atoms with Crippen LogP contribution in [0, 0.1) is 29.6 Å². The van der Waals surface area contributed by atoms with Crippen LogP contribution in [-0.2, 0) is 9.59 Å². The Morgan fingerprint density at radius 2 is 1.52 bits per heavy atom. The van der Waals surface area contributed by atoms with E-state index in [0.29, 0.717) is 5.92 Å². The predicted molar refractivity (Wildman–Crippen MR) is 107 cm³/mol. The average molecular weight is 375 g/mol. The number of fused-ring (bicyclic) bond motifs is 1. The molecule has 4 nitrogen and oxygen atoms in total. The van der Waals surface area contributed by atoms with Gasteiger partial charge in [0.25, 0.3) is 0 Å². The first-order chi connectivity index (χ1) is 13.0. The summed E-state index contributed by atoms with van der Waals surface area (Å²) >= 11 is 0. The van der Waals surface area contributed by atoms with Gasteiger partial charge in [-0.1, -0.05) is 26.7 Å². The SMILES string of the molecule is CC1CCC(C(=O)NC2CCCCC2C(=O)NC23CCC(C)C2CC3)CC1. The minimum absolute atomic E-state index is 0.0308. The number of carbonyl (C=O) groups is 2. The second-order valence-corrected chi connectivity index (χ2v) is 10.3. The summed E-state index contributed by atoms with van der Waals surface area (Å²) in [5.41, 5.74) is 0.0853. The molecule has 0 aromatic heterocycles. The molecule has 0 heterocycles. The van der Waals surface area contributed by atoms with Crippen LogP contribution < -0.4 is 10.6 Å². The van der Waals surface area contributed by atoms with Gasteiger partial charge in [0.15, 0.2) is 0 Å². The highest BCUT2D eigenvalue weighted by molar-refractivity contribution is 5.83. The van der Waals surface area contributed by atoms with Gasteiger partial charge in [-0.3, -0.25) is 9.59 Å². The van der Waals surface area contributed by atoms with E-state index in [-0.39, 0.29) is 35.2 Å². The Hall–Kier alpha value is -1.06. The van der Waals surface area contributed by atoms with E-state index in [1.807, 2.05) is 0 Å². The molecule has 0 radical (unpaired) electrons. The van der Waals surface area contributed by atoms with Crippen LogP contribution in [0.3, 0.4) is 0 Å². The van der Waals surface area contributed by atoms with E-state index in [1.165, 1.54) is 12.8 Å². The Labute approximate surface area is 164 Å². The molecular formula is C23H38N2O2. The summed E-state index contributed by atoms with van der Waals surface area (Å²) in [6, 6.07) is 0.0411. The molecule has 0 saturated heterocycles. The molecule has 5 unspecified atom stereocenters. The molecule has 0 spiro atoms. The van der Waals surface area contributed by atoms with Gasteiger partial charge in [-0.2, -0.15) is 0 Å². The third-order valence-electron chi connectivity index (χ3n) is 8.53. The Kier molecular flexibility index (Phi) is 5.53. The first-order valence-corrected chi connectivity index (χ1v) is 11.6. The molecule has 4 rings (SSSR count). The van der Waals surface area contributed by atoms with Gasteiger partial charge in [-0.25, -0.2) is 0 Å². The lowest BCUT2D eigenvalue weighted by Gasteiger charge is -2.48. The van der Waals surface area contributed by atoms with Crippen molar-refractivity contribution in [3.05, 3.63) is 0 Å². The van der Waals surface area contributed by atoms with Crippen molar-refractivity contribution >= 4 is 11.8 Å². The summed E-state index contributed by atoms with van der Waals surface area (Å²) < 4.78 is 0. The van der Waals surface area contributed by atoms with Crippen molar-refractivity contribution in [3.8, 4) is 0 Å². The van der Waals surface area contributed by atoms with Gasteiger partial charge in [0.1, 0.15) is 0 Å². The second kappa shape index (κ2) is 7.75. The summed E-state index contributed by atoms with van der Waals surface area (Å²) in [5, 5.41) is 6.80. The Morgan fingerprint density at radius 1 is 0.815 bits per heavy atom. The maximum Gasteiger partial charge on any atom is 0.225 e. The van der Waals surface area contributed by atoms with Crippen LogP contribution in [0.25, 0.3) is 0 Å². The van der Waals surface area contributed by atoms with Crippen LogP contribution in [0.1, 0.15) is 90.9 Å². The molecule has 2 N–H and O–H groups in total. The minimum atomic E-state index is -0.0308. The normalized spacial score (nSPS) is 44.1. The first-order valence-electron chi connectivity index (χ1n) is 11.6. The summed E-state index contributed by atoms with van der Waals surface area (Å²) in [6.45, 7) is 4.62. The Bertz CT molecular complexity index is 569. The third kappa shape index (κ3) is 3.78. The number of hydrogen-bond donors (Lipinski definition) is 2. The Balaban J connectivity index is 1.36. The fourth-order valence-electron chi connectivity index (χ4n) is 6.48. The van der Waals surface area contributed by atoms with Crippen LogP contribution in [0.2, 0.25) is 0 Å². The van der Waals surface area contributed by atoms with Gasteiger partial charge in [-0.05, 0) is 82.0 Å². The summed E-state index contributed by atoms with van der Waals surface area (Å²) in [6.07, 6.45) is 13.3. The minimum Gasteiger partial charge on any atom is -0.352 e. The van der Waals surface area contributed by atoms with E-state index in [2.05, 4.69) is 24.5 Å². The quantitative estimate of drug-likeness (QED) is 0.775. The number of rotatable bonds is 4. The van der Waals surface area contributed by atoms with Crippen molar-refractivity contribution in [1.82, 2.24) is 10.6 Å². The van der Waals surface area contributed by atoms with Crippen molar-refractivity contribution in [1.29, 1.82) is 0 Å². The van der Waals surface area contributed by atoms with Crippen LogP contribution >= 0.6 is 0 Å². The number of amides is 2. The number of carbonyl (C=O) groups excluding carboxylic acids is 2. The topological polar surface area (TPSA) is 58.2 Å². The molecule has 4 heteroatoms. The lowest BCUT2D eigenvalue weighted by molar-refractivity contribution is -0.133. The highest BCUT2D eigenvalue weighted by atomic mass is 16.2. The predicted octanol–water partition coefficient (Wildman–Crippen LogP) is 4.18. The van der Waals surface area contributed by atoms with Crippen LogP contribution in [-0.4, -0.2) is 23.4 Å². The fourth-order valence-corrected chi connectivity index (χ4v) is 6.48. The zero-order chi connectivity index (χ0) is 19.0. The van der Waals surface area contributed by atoms with Crippen LogP contribution in [0.5, 0.6) is 0 Å². The van der Waals surface area contributed by atoms with Crippen molar-refractivity contribution in [3.63, 3.8) is 0 Å². The van der Waals surface area contributed by atoms with E-state index in [0.717, 1.165) is 76.0 Å². The monoisotopic (exact) mass is 374 g/mol. The highest BCUT2D eigenvalue weighted by Crippen LogP contribution is 2.53. The van der Waals surface area contributed by atoms with E-state index in [1.54, 1.807) is 0 Å². The number of hydrogen-bond acceptors (Lipinski definition) is 2. The molecule has 5 atom stereocenters. The molecule has 27 heavy (non-hydrogen) atoms. The van der Waals surface area contributed by atoms with Crippen molar-refractivity contribution in [2.24, 2.45) is 29.6 Å². The molecule has 4 fully saturated rings. The third-order valence-corrected chi connectivity index (χ3v) is 8.53. The Morgan fingerprint density at radius 3 is 2.19 bits per heavy atom. The molecule has 2 amide bonds. The van der Waals surface area contributed by atoms with Gasteiger partial charge in [-0.15, -0.1) is 0 Å². The maximum atomic E-state index is 13.2. The van der Waals surface area contributed by atoms with E-state index < -0.39 is 0 Å². The van der Waals surface area contributed by atoms with E-state index in [4.69, 9.17) is 0 Å². The van der Waals surface area contributed by atoms with Gasteiger partial charge in [0, 0.05) is 17.5 Å². The van der Waals surface area contributed by atoms with Crippen LogP contribution in [0.15, 0.2) is 0 Å². The second-order valence-electron chi connectivity index (χ2n) is 10.3. The standard InChI is InChI=1S/C23H38N2O2/c1-15-7-9-17(10-8-15)21(26)24-20-6-4-3-5-18(20)22(27)25-23-13-11-16(2)19(23)12-14-23/h15-20H,3-14H2,1-2H3,(H,24,26)(H,25,27). The maximum absolute atomic E-state index is 13.2. The van der Waals surface area contributed by atoms with Crippen LogP contribution in [0.4, 0.5) is 0 Å². The first kappa shape index (κ1) is 19.3. The van der Waals surface area contributed by atoms with Crippen molar-refractivity contribution < 1.29 is 9.59 Å². The van der Waals surface area contributed by atoms with Gasteiger partial charge >= 0.3 is 0 Å². The zero-order valence-corrected chi connectivity index (χ0v) is 17.3. The van der Waals surface area contributed by atoms with Gasteiger partial charge < -0.3 is 10.6 Å². The fraction of sp³-hybridized carbons (Fsp3) is 0.913. The zero-order valence-electron chi connectivity index (χ0n) is 17.3. The molecule has 152 valence electrons. The van der Waals surface area contributed by atoms with Crippen molar-refractivity contribution in [2.45, 2.75) is 102 Å². The molecular weight excluding hydrogens is 336 g/mol. The smallest absolute Gasteiger partial charge is 0.225 e. The molecule has 4 saturated carbocycles. The highest BCUT2D eigenvalue weighted by Gasteiger charge is 2.54.